The zero-order chi connectivity index (χ0) is 18.7. The summed E-state index contributed by atoms with van der Waals surface area (Å²) in [5.74, 6) is 0.951. The fourth-order valence-electron chi connectivity index (χ4n) is 2.90. The van der Waals surface area contributed by atoms with Gasteiger partial charge in [0.05, 0.1) is 32.8 Å². The van der Waals surface area contributed by atoms with E-state index in [1.807, 2.05) is 13.8 Å². The molecule has 1 aliphatic heterocycles. The maximum Gasteiger partial charge on any atom is 0.310 e. The van der Waals surface area contributed by atoms with Crippen molar-refractivity contribution in [2.24, 2.45) is 16.8 Å². The molecule has 7 nitrogen and oxygen atoms in total. The second kappa shape index (κ2) is 12.1. The molecule has 0 aliphatic carbocycles. The number of ether oxygens (including phenoxy) is 2. The van der Waals surface area contributed by atoms with Crippen LogP contribution >= 0.6 is 0 Å². The third-order valence-electron chi connectivity index (χ3n) is 4.29. The van der Waals surface area contributed by atoms with E-state index in [0.29, 0.717) is 18.5 Å². The smallest absolute Gasteiger partial charge is 0.310 e. The molecule has 0 amide bonds. The zero-order valence-corrected chi connectivity index (χ0v) is 16.5. The maximum absolute atomic E-state index is 11.5. The summed E-state index contributed by atoms with van der Waals surface area (Å²) < 4.78 is 10.2. The molecule has 1 rings (SSSR count). The van der Waals surface area contributed by atoms with Gasteiger partial charge in [-0.15, -0.1) is 0 Å². The van der Waals surface area contributed by atoms with Gasteiger partial charge in [0.1, 0.15) is 0 Å². The quantitative estimate of drug-likeness (QED) is 0.366. The highest BCUT2D eigenvalue weighted by molar-refractivity contribution is 5.80. The Morgan fingerprint density at radius 2 is 1.92 bits per heavy atom. The van der Waals surface area contributed by atoms with Crippen LogP contribution < -0.4 is 10.6 Å². The number of hydrogen-bond acceptors (Lipinski definition) is 5. The van der Waals surface area contributed by atoms with E-state index in [9.17, 15) is 4.79 Å². The molecule has 2 N–H and O–H groups in total. The standard InChI is InChI=1S/C18H36N4O3/c1-6-19-18(20-12-15(4)17(23)24-5)21-13-16(11-14(2)3)22-7-9-25-10-8-22/h14-16H,6-13H2,1-5H3,(H2,19,20,21). The molecule has 0 aromatic carbocycles. The van der Waals surface area contributed by atoms with Gasteiger partial charge in [-0.1, -0.05) is 20.8 Å². The molecule has 146 valence electrons. The number of hydrogen-bond donors (Lipinski definition) is 2. The summed E-state index contributed by atoms with van der Waals surface area (Å²) in [6.45, 7) is 13.9. The maximum atomic E-state index is 11.5. The molecule has 0 aromatic heterocycles. The number of morpholine rings is 1. The highest BCUT2D eigenvalue weighted by Crippen LogP contribution is 2.14. The predicted octanol–water partition coefficient (Wildman–Crippen LogP) is 1.10. The van der Waals surface area contributed by atoms with Crippen LogP contribution in [-0.4, -0.2) is 75.9 Å². The number of nitrogens with zero attached hydrogens (tertiary/aromatic N) is 2. The summed E-state index contributed by atoms with van der Waals surface area (Å²) in [5, 5.41) is 6.49. The fraction of sp³-hybridized carbons (Fsp3) is 0.889. The summed E-state index contributed by atoms with van der Waals surface area (Å²) in [6, 6.07) is 0.414. The summed E-state index contributed by atoms with van der Waals surface area (Å²) in [5.41, 5.74) is 0. The largest absolute Gasteiger partial charge is 0.469 e. The number of nitrogens with one attached hydrogen (secondary N) is 2. The van der Waals surface area contributed by atoms with E-state index in [1.165, 1.54) is 7.11 Å². The van der Waals surface area contributed by atoms with Crippen LogP contribution in [0.3, 0.4) is 0 Å². The van der Waals surface area contributed by atoms with E-state index in [2.05, 4.69) is 29.4 Å². The summed E-state index contributed by atoms with van der Waals surface area (Å²) in [4.78, 5) is 18.8. The first-order chi connectivity index (χ1) is 12.0. The molecular formula is C18H36N4O3. The van der Waals surface area contributed by atoms with Crippen molar-refractivity contribution in [2.45, 2.75) is 40.2 Å². The fourth-order valence-corrected chi connectivity index (χ4v) is 2.90. The second-order valence-electron chi connectivity index (χ2n) is 6.96. The van der Waals surface area contributed by atoms with Crippen molar-refractivity contribution in [1.29, 1.82) is 0 Å². The van der Waals surface area contributed by atoms with E-state index >= 15 is 0 Å². The lowest BCUT2D eigenvalue weighted by Crippen LogP contribution is -2.46. The van der Waals surface area contributed by atoms with Gasteiger partial charge in [0, 0.05) is 32.2 Å². The van der Waals surface area contributed by atoms with Crippen molar-refractivity contribution >= 4 is 11.9 Å². The van der Waals surface area contributed by atoms with Gasteiger partial charge in [-0.05, 0) is 19.3 Å². The Morgan fingerprint density at radius 3 is 2.48 bits per heavy atom. The minimum Gasteiger partial charge on any atom is -0.469 e. The molecule has 0 spiro atoms. The first-order valence-electron chi connectivity index (χ1n) is 9.39. The minimum atomic E-state index is -0.214. The van der Waals surface area contributed by atoms with E-state index in [0.717, 1.165) is 51.8 Å². The van der Waals surface area contributed by atoms with E-state index in [-0.39, 0.29) is 11.9 Å². The molecule has 1 heterocycles. The molecule has 0 bridgehead atoms. The van der Waals surface area contributed by atoms with Gasteiger partial charge < -0.3 is 20.1 Å². The molecule has 1 fully saturated rings. The molecule has 0 radical (unpaired) electrons. The average Bonchev–Trinajstić information content (AvgIpc) is 2.62. The predicted molar refractivity (Wildman–Crippen MR) is 101 cm³/mol. The van der Waals surface area contributed by atoms with Crippen LogP contribution in [0.5, 0.6) is 0 Å². The summed E-state index contributed by atoms with van der Waals surface area (Å²) in [6.07, 6.45) is 1.11. The number of aliphatic imine (C=N–C) groups is 1. The number of esters is 1. The van der Waals surface area contributed by atoms with Crippen LogP contribution in [0.2, 0.25) is 0 Å². The number of carbonyl (C=O) groups is 1. The molecule has 1 aliphatic rings. The van der Waals surface area contributed by atoms with Crippen molar-refractivity contribution in [3.05, 3.63) is 0 Å². The van der Waals surface area contributed by atoms with Gasteiger partial charge in [-0.2, -0.15) is 0 Å². The van der Waals surface area contributed by atoms with Crippen LogP contribution in [0.1, 0.15) is 34.1 Å². The van der Waals surface area contributed by atoms with E-state index in [1.54, 1.807) is 0 Å². The normalized spacial score (nSPS) is 18.7. The number of guanidine groups is 1. The molecule has 1 saturated heterocycles. The van der Waals surface area contributed by atoms with Crippen molar-refractivity contribution in [2.75, 3.05) is 53.0 Å². The molecule has 0 aromatic rings. The molecular weight excluding hydrogens is 320 g/mol. The van der Waals surface area contributed by atoms with Gasteiger partial charge in [-0.3, -0.25) is 14.7 Å². The highest BCUT2D eigenvalue weighted by Gasteiger charge is 2.22. The first kappa shape index (κ1) is 21.7. The zero-order valence-electron chi connectivity index (χ0n) is 16.5. The number of carbonyl (C=O) groups excluding carboxylic acids is 1. The van der Waals surface area contributed by atoms with E-state index in [4.69, 9.17) is 14.5 Å². The van der Waals surface area contributed by atoms with Crippen molar-refractivity contribution in [3.63, 3.8) is 0 Å². The van der Waals surface area contributed by atoms with Gasteiger partial charge in [0.15, 0.2) is 5.96 Å². The Morgan fingerprint density at radius 1 is 1.24 bits per heavy atom. The molecule has 2 unspecified atom stereocenters. The first-order valence-corrected chi connectivity index (χ1v) is 9.39. The third-order valence-corrected chi connectivity index (χ3v) is 4.29. The SMILES string of the molecule is CCNC(=NCC(CC(C)C)N1CCOCC1)NCC(C)C(=O)OC. The number of rotatable bonds is 9. The Bertz CT molecular complexity index is 409. The molecule has 0 saturated carbocycles. The third kappa shape index (κ3) is 8.54. The summed E-state index contributed by atoms with van der Waals surface area (Å²) in [7, 11) is 1.41. The van der Waals surface area contributed by atoms with Crippen LogP contribution in [0.4, 0.5) is 0 Å². The van der Waals surface area contributed by atoms with Gasteiger partial charge in [0.2, 0.25) is 0 Å². The topological polar surface area (TPSA) is 75.2 Å². The summed E-state index contributed by atoms with van der Waals surface area (Å²) >= 11 is 0. The average molecular weight is 357 g/mol. The van der Waals surface area contributed by atoms with Crippen molar-refractivity contribution in [1.82, 2.24) is 15.5 Å². The molecule has 7 heteroatoms. The minimum absolute atomic E-state index is 0.209. The Balaban J connectivity index is 2.64. The lowest BCUT2D eigenvalue weighted by atomic mass is 10.0. The van der Waals surface area contributed by atoms with Crippen LogP contribution in [0, 0.1) is 11.8 Å². The van der Waals surface area contributed by atoms with Crippen LogP contribution in [0.15, 0.2) is 4.99 Å². The number of methoxy groups -OCH3 is 1. The van der Waals surface area contributed by atoms with Crippen LogP contribution in [-0.2, 0) is 14.3 Å². The van der Waals surface area contributed by atoms with Gasteiger partial charge in [0.25, 0.3) is 0 Å². The Kier molecular flexibility index (Phi) is 10.5. The second-order valence-corrected chi connectivity index (χ2v) is 6.96. The lowest BCUT2D eigenvalue weighted by molar-refractivity contribution is -0.144. The Hall–Kier alpha value is -1.34. The van der Waals surface area contributed by atoms with Gasteiger partial charge >= 0.3 is 5.97 Å². The highest BCUT2D eigenvalue weighted by atomic mass is 16.5. The lowest BCUT2D eigenvalue weighted by Gasteiger charge is -2.34. The van der Waals surface area contributed by atoms with Crippen molar-refractivity contribution < 1.29 is 14.3 Å². The molecule has 25 heavy (non-hydrogen) atoms. The van der Waals surface area contributed by atoms with Crippen LogP contribution in [0.25, 0.3) is 0 Å². The van der Waals surface area contributed by atoms with Crippen molar-refractivity contribution in [3.8, 4) is 0 Å². The monoisotopic (exact) mass is 356 g/mol. The van der Waals surface area contributed by atoms with Gasteiger partial charge in [-0.25, -0.2) is 0 Å². The Labute approximate surface area is 152 Å². The van der Waals surface area contributed by atoms with E-state index < -0.39 is 0 Å². The molecule has 2 atom stereocenters.